The summed E-state index contributed by atoms with van der Waals surface area (Å²) in [4.78, 5) is 12.5. The van der Waals surface area contributed by atoms with E-state index >= 15 is 0 Å². The maximum Gasteiger partial charge on any atom is 0.276 e. The minimum absolute atomic E-state index is 0.230. The first-order chi connectivity index (χ1) is 13.5. The van der Waals surface area contributed by atoms with Crippen molar-refractivity contribution in [3.63, 3.8) is 0 Å². The third-order valence-corrected chi connectivity index (χ3v) is 4.42. The zero-order chi connectivity index (χ0) is 20.1. The number of methoxy groups -OCH3 is 2. The number of anilines is 3. The van der Waals surface area contributed by atoms with Gasteiger partial charge >= 0.3 is 0 Å². The topological polar surface area (TPSA) is 85.4 Å². The molecule has 7 heteroatoms. The zero-order valence-corrected chi connectivity index (χ0v) is 16.2. The van der Waals surface area contributed by atoms with Crippen molar-refractivity contribution in [1.82, 2.24) is 10.2 Å². The number of benzene rings is 2. The summed E-state index contributed by atoms with van der Waals surface area (Å²) in [5.74, 6) is 1.48. The smallest absolute Gasteiger partial charge is 0.276 e. The molecule has 1 aromatic heterocycles. The molecule has 0 saturated heterocycles. The number of carbonyl (C=O) groups is 1. The number of aromatic nitrogens is 2. The molecule has 0 spiro atoms. The number of ether oxygens (including phenoxy) is 2. The molecule has 28 heavy (non-hydrogen) atoms. The van der Waals surface area contributed by atoms with Gasteiger partial charge in [0.05, 0.1) is 19.9 Å². The van der Waals surface area contributed by atoms with E-state index in [2.05, 4.69) is 20.8 Å². The minimum atomic E-state index is -0.310. The van der Waals surface area contributed by atoms with Gasteiger partial charge < -0.3 is 20.1 Å². The van der Waals surface area contributed by atoms with Gasteiger partial charge in [0.15, 0.2) is 11.5 Å². The van der Waals surface area contributed by atoms with Gasteiger partial charge in [-0.1, -0.05) is 12.1 Å². The molecule has 0 bridgehead atoms. The Kier molecular flexibility index (Phi) is 5.74. The van der Waals surface area contributed by atoms with Crippen LogP contribution in [0.1, 0.15) is 21.6 Å². The minimum Gasteiger partial charge on any atom is -0.497 e. The van der Waals surface area contributed by atoms with Crippen molar-refractivity contribution in [2.24, 2.45) is 0 Å². The molecule has 3 aromatic rings. The summed E-state index contributed by atoms with van der Waals surface area (Å²) in [6.45, 7) is 3.96. The lowest BCUT2D eigenvalue weighted by molar-refractivity contribution is 0.102. The molecule has 2 aromatic carbocycles. The van der Waals surface area contributed by atoms with Crippen molar-refractivity contribution in [3.05, 3.63) is 65.4 Å². The van der Waals surface area contributed by atoms with E-state index in [1.54, 1.807) is 32.4 Å². The van der Waals surface area contributed by atoms with Crippen molar-refractivity contribution in [3.8, 4) is 11.5 Å². The van der Waals surface area contributed by atoms with Crippen LogP contribution in [0.15, 0.2) is 48.5 Å². The Morgan fingerprint density at radius 1 is 0.929 bits per heavy atom. The first-order valence-corrected chi connectivity index (χ1v) is 8.72. The van der Waals surface area contributed by atoms with Crippen LogP contribution in [0.3, 0.4) is 0 Å². The molecule has 0 unspecified atom stereocenters. The Morgan fingerprint density at radius 3 is 2.43 bits per heavy atom. The number of nitrogens with one attached hydrogen (secondary N) is 2. The number of hydrogen-bond donors (Lipinski definition) is 2. The van der Waals surface area contributed by atoms with Crippen LogP contribution < -0.4 is 20.1 Å². The van der Waals surface area contributed by atoms with E-state index in [0.717, 1.165) is 16.8 Å². The molecule has 3 rings (SSSR count). The average molecular weight is 378 g/mol. The fourth-order valence-corrected chi connectivity index (χ4v) is 2.63. The van der Waals surface area contributed by atoms with Gasteiger partial charge in [-0.25, -0.2) is 0 Å². The monoisotopic (exact) mass is 378 g/mol. The predicted octanol–water partition coefficient (Wildman–Crippen LogP) is 4.11. The van der Waals surface area contributed by atoms with Crippen LogP contribution in [-0.4, -0.2) is 30.3 Å². The van der Waals surface area contributed by atoms with Crippen molar-refractivity contribution in [2.75, 3.05) is 24.9 Å². The van der Waals surface area contributed by atoms with Gasteiger partial charge in [-0.3, -0.25) is 4.79 Å². The first kappa shape index (κ1) is 19.2. The summed E-state index contributed by atoms with van der Waals surface area (Å²) in [6.07, 6.45) is 0. The average Bonchev–Trinajstić information content (AvgIpc) is 2.72. The Labute approximate surface area is 163 Å². The Morgan fingerprint density at radius 2 is 1.75 bits per heavy atom. The van der Waals surface area contributed by atoms with Gasteiger partial charge in [0.2, 0.25) is 0 Å². The molecule has 7 nitrogen and oxygen atoms in total. The van der Waals surface area contributed by atoms with Crippen LogP contribution in [-0.2, 0) is 0 Å². The number of nitrogens with zero attached hydrogens (tertiary/aromatic N) is 2. The number of carbonyl (C=O) groups excluding carboxylic acids is 1. The van der Waals surface area contributed by atoms with Crippen LogP contribution in [0.5, 0.6) is 11.5 Å². The second kappa shape index (κ2) is 8.39. The van der Waals surface area contributed by atoms with Crippen LogP contribution in [0.4, 0.5) is 17.2 Å². The van der Waals surface area contributed by atoms with Gasteiger partial charge in [0.25, 0.3) is 5.91 Å². The lowest BCUT2D eigenvalue weighted by atomic mass is 10.1. The number of amides is 1. The van der Waals surface area contributed by atoms with E-state index in [1.165, 1.54) is 0 Å². The quantitative estimate of drug-likeness (QED) is 0.671. The van der Waals surface area contributed by atoms with Gasteiger partial charge in [-0.2, -0.15) is 0 Å². The first-order valence-electron chi connectivity index (χ1n) is 8.72. The lowest BCUT2D eigenvalue weighted by Crippen LogP contribution is -2.15. The highest BCUT2D eigenvalue weighted by Crippen LogP contribution is 2.30. The van der Waals surface area contributed by atoms with Gasteiger partial charge in [-0.15, -0.1) is 10.2 Å². The van der Waals surface area contributed by atoms with Gasteiger partial charge in [0.1, 0.15) is 11.5 Å². The van der Waals surface area contributed by atoms with Gasteiger partial charge in [-0.05, 0) is 55.3 Å². The highest BCUT2D eigenvalue weighted by atomic mass is 16.5. The molecule has 0 atom stereocenters. The third-order valence-electron chi connectivity index (χ3n) is 4.42. The molecule has 0 aliphatic rings. The molecule has 1 amide bonds. The van der Waals surface area contributed by atoms with Crippen LogP contribution >= 0.6 is 0 Å². The van der Waals surface area contributed by atoms with Crippen molar-refractivity contribution < 1.29 is 14.3 Å². The lowest BCUT2D eigenvalue weighted by Gasteiger charge is -2.12. The molecule has 2 N–H and O–H groups in total. The van der Waals surface area contributed by atoms with E-state index in [1.807, 2.05) is 44.2 Å². The molecule has 0 aliphatic heterocycles. The summed E-state index contributed by atoms with van der Waals surface area (Å²) in [7, 11) is 3.17. The molecule has 0 aliphatic carbocycles. The fourth-order valence-electron chi connectivity index (χ4n) is 2.63. The van der Waals surface area contributed by atoms with E-state index in [4.69, 9.17) is 9.47 Å². The summed E-state index contributed by atoms with van der Waals surface area (Å²) in [5, 5.41) is 14.1. The third kappa shape index (κ3) is 4.20. The molecular weight excluding hydrogens is 356 g/mol. The fraction of sp³-hybridized carbons (Fsp3) is 0.190. The second-order valence-electron chi connectivity index (χ2n) is 6.20. The summed E-state index contributed by atoms with van der Waals surface area (Å²) in [6, 6.07) is 14.5. The van der Waals surface area contributed by atoms with E-state index in [9.17, 15) is 4.79 Å². The van der Waals surface area contributed by atoms with Crippen molar-refractivity contribution >= 4 is 23.1 Å². The Bertz CT molecular complexity index is 987. The highest BCUT2D eigenvalue weighted by molar-refractivity contribution is 6.03. The molecule has 0 fully saturated rings. The molecule has 0 radical (unpaired) electrons. The van der Waals surface area contributed by atoms with E-state index in [-0.39, 0.29) is 11.6 Å². The molecule has 0 saturated carbocycles. The second-order valence-corrected chi connectivity index (χ2v) is 6.20. The molecule has 144 valence electrons. The normalized spacial score (nSPS) is 10.3. The van der Waals surface area contributed by atoms with Crippen LogP contribution in [0.2, 0.25) is 0 Å². The largest absolute Gasteiger partial charge is 0.497 e. The maximum atomic E-state index is 12.5. The van der Waals surface area contributed by atoms with Crippen molar-refractivity contribution in [1.29, 1.82) is 0 Å². The van der Waals surface area contributed by atoms with Crippen LogP contribution in [0.25, 0.3) is 0 Å². The predicted molar refractivity (Wildman–Crippen MR) is 109 cm³/mol. The molecular formula is C21H22N4O3. The number of hydrogen-bond acceptors (Lipinski definition) is 6. The van der Waals surface area contributed by atoms with Gasteiger partial charge in [0, 0.05) is 11.8 Å². The summed E-state index contributed by atoms with van der Waals surface area (Å²) >= 11 is 0. The van der Waals surface area contributed by atoms with E-state index in [0.29, 0.717) is 23.0 Å². The SMILES string of the molecule is COc1ccc(Nc2ccc(C(=O)Nc3cccc(C)c3C)nn2)c(OC)c1. The Hall–Kier alpha value is -3.61. The van der Waals surface area contributed by atoms with Crippen molar-refractivity contribution in [2.45, 2.75) is 13.8 Å². The summed E-state index contributed by atoms with van der Waals surface area (Å²) in [5.41, 5.74) is 3.83. The molecule has 1 heterocycles. The number of aryl methyl sites for hydroxylation is 1. The van der Waals surface area contributed by atoms with E-state index < -0.39 is 0 Å². The standard InChI is InChI=1S/C21H22N4O3/c1-13-6-5-7-16(14(13)2)23-21(26)18-10-11-20(25-24-18)22-17-9-8-15(27-3)12-19(17)28-4/h5-12H,1-4H3,(H,22,25)(H,23,26). The number of rotatable bonds is 6. The van der Waals surface area contributed by atoms with Crippen LogP contribution in [0, 0.1) is 13.8 Å². The zero-order valence-electron chi connectivity index (χ0n) is 16.2. The highest BCUT2D eigenvalue weighted by Gasteiger charge is 2.12. The summed E-state index contributed by atoms with van der Waals surface area (Å²) < 4.78 is 10.5. The Balaban J connectivity index is 1.73. The maximum absolute atomic E-state index is 12.5.